The van der Waals surface area contributed by atoms with Crippen molar-refractivity contribution in [1.29, 1.82) is 0 Å². The minimum absolute atomic E-state index is 0.218. The Balaban J connectivity index is 2.57. The second kappa shape index (κ2) is 6.89. The summed E-state index contributed by atoms with van der Waals surface area (Å²) in [7, 11) is -3.98. The molecule has 0 aliphatic heterocycles. The number of carbonyl (C=O) groups is 1. The number of thiophene rings is 1. The fourth-order valence-electron chi connectivity index (χ4n) is 1.16. The van der Waals surface area contributed by atoms with Gasteiger partial charge in [-0.3, -0.25) is 0 Å². The third-order valence-electron chi connectivity index (χ3n) is 1.90. The van der Waals surface area contributed by atoms with Gasteiger partial charge in [0, 0.05) is 6.54 Å². The quantitative estimate of drug-likeness (QED) is 0.698. The number of sulfonamides is 1. The Kier molecular flexibility index (Phi) is 5.79. The molecule has 0 aliphatic rings. The van der Waals surface area contributed by atoms with Crippen molar-refractivity contribution in [2.75, 3.05) is 19.8 Å². The molecule has 1 rings (SSSR count). The molecule has 0 spiro atoms. The van der Waals surface area contributed by atoms with Crippen LogP contribution in [0.1, 0.15) is 9.67 Å². The number of hydrogen-bond donors (Lipinski definition) is 2. The van der Waals surface area contributed by atoms with E-state index < -0.39 is 29.0 Å². The lowest BCUT2D eigenvalue weighted by atomic mass is 10.5. The SMILES string of the molecule is O=C(O)c1sccc1S(=O)(=O)NCCOCC(F)F. The Bertz CT molecular complexity index is 528. The van der Waals surface area contributed by atoms with Crippen LogP contribution < -0.4 is 4.72 Å². The van der Waals surface area contributed by atoms with E-state index >= 15 is 0 Å². The van der Waals surface area contributed by atoms with Crippen LogP contribution in [0.3, 0.4) is 0 Å². The van der Waals surface area contributed by atoms with Crippen molar-refractivity contribution in [3.8, 4) is 0 Å². The predicted octanol–water partition coefficient (Wildman–Crippen LogP) is 1.01. The number of alkyl halides is 2. The summed E-state index contributed by atoms with van der Waals surface area (Å²) in [6.07, 6.45) is -2.62. The van der Waals surface area contributed by atoms with Crippen molar-refractivity contribution in [3.63, 3.8) is 0 Å². The molecular weight excluding hydrogens is 304 g/mol. The van der Waals surface area contributed by atoms with Crippen molar-refractivity contribution < 1.29 is 31.8 Å². The number of ether oxygens (including phenoxy) is 1. The zero-order valence-electron chi connectivity index (χ0n) is 9.51. The van der Waals surface area contributed by atoms with E-state index in [4.69, 9.17) is 5.11 Å². The van der Waals surface area contributed by atoms with E-state index in [1.165, 1.54) is 5.38 Å². The van der Waals surface area contributed by atoms with Gasteiger partial charge in [-0.05, 0) is 11.4 Å². The van der Waals surface area contributed by atoms with Gasteiger partial charge in [0.15, 0.2) is 0 Å². The molecule has 19 heavy (non-hydrogen) atoms. The summed E-state index contributed by atoms with van der Waals surface area (Å²) < 4.78 is 53.5. The first kappa shape index (κ1) is 16.0. The van der Waals surface area contributed by atoms with E-state index in [9.17, 15) is 22.0 Å². The van der Waals surface area contributed by atoms with Crippen LogP contribution in [0.5, 0.6) is 0 Å². The monoisotopic (exact) mass is 315 g/mol. The van der Waals surface area contributed by atoms with Crippen molar-refractivity contribution in [2.24, 2.45) is 0 Å². The van der Waals surface area contributed by atoms with Gasteiger partial charge in [0.05, 0.1) is 6.61 Å². The Morgan fingerprint density at radius 1 is 1.53 bits per heavy atom. The summed E-state index contributed by atoms with van der Waals surface area (Å²) in [6.45, 7) is -1.22. The van der Waals surface area contributed by atoms with Crippen molar-refractivity contribution >= 4 is 27.3 Å². The molecule has 0 fully saturated rings. The zero-order chi connectivity index (χ0) is 14.5. The molecule has 1 aromatic rings. The number of carboxylic acids is 1. The molecular formula is C9H11F2NO5S2. The van der Waals surface area contributed by atoms with E-state index in [1.807, 2.05) is 0 Å². The van der Waals surface area contributed by atoms with Crippen molar-refractivity contribution in [2.45, 2.75) is 11.3 Å². The topological polar surface area (TPSA) is 92.7 Å². The summed E-state index contributed by atoms with van der Waals surface area (Å²) in [6, 6.07) is 1.16. The first-order valence-electron chi connectivity index (χ1n) is 5.01. The van der Waals surface area contributed by atoms with Gasteiger partial charge in [-0.1, -0.05) is 0 Å². The van der Waals surface area contributed by atoms with Gasteiger partial charge in [0.1, 0.15) is 16.4 Å². The Labute approximate surface area is 112 Å². The molecule has 0 aromatic carbocycles. The van der Waals surface area contributed by atoms with Gasteiger partial charge in [0.25, 0.3) is 6.43 Å². The zero-order valence-corrected chi connectivity index (χ0v) is 11.1. The lowest BCUT2D eigenvalue weighted by Crippen LogP contribution is -2.28. The number of hydrogen-bond acceptors (Lipinski definition) is 5. The normalized spacial score (nSPS) is 11.9. The molecule has 0 unspecified atom stereocenters. The number of nitrogens with one attached hydrogen (secondary N) is 1. The predicted molar refractivity (Wildman–Crippen MR) is 63.3 cm³/mol. The van der Waals surface area contributed by atoms with Gasteiger partial charge in [0.2, 0.25) is 10.0 Å². The summed E-state index contributed by atoms with van der Waals surface area (Å²) in [5, 5.41) is 10.1. The molecule has 10 heteroatoms. The highest BCUT2D eigenvalue weighted by molar-refractivity contribution is 7.89. The van der Waals surface area contributed by atoms with Gasteiger partial charge in [-0.15, -0.1) is 11.3 Å². The fraction of sp³-hybridized carbons (Fsp3) is 0.444. The lowest BCUT2D eigenvalue weighted by Gasteiger charge is -2.06. The van der Waals surface area contributed by atoms with Crippen LogP contribution in [0.2, 0.25) is 0 Å². The molecule has 0 radical (unpaired) electrons. The maximum atomic E-state index is 11.7. The Morgan fingerprint density at radius 2 is 2.21 bits per heavy atom. The van der Waals surface area contributed by atoms with Crippen LogP contribution in [0.15, 0.2) is 16.3 Å². The summed E-state index contributed by atoms with van der Waals surface area (Å²) >= 11 is 0.783. The van der Waals surface area contributed by atoms with Crippen LogP contribution in [0.4, 0.5) is 8.78 Å². The second-order valence-corrected chi connectivity index (χ2v) is 5.93. The van der Waals surface area contributed by atoms with Crippen LogP contribution in [0.25, 0.3) is 0 Å². The molecule has 6 nitrogen and oxygen atoms in total. The van der Waals surface area contributed by atoms with E-state index in [0.717, 1.165) is 17.4 Å². The molecule has 0 saturated heterocycles. The molecule has 2 N–H and O–H groups in total. The van der Waals surface area contributed by atoms with Crippen LogP contribution >= 0.6 is 11.3 Å². The standard InChI is InChI=1S/C9H11F2NO5S2/c10-7(11)5-17-3-2-12-19(15,16)6-1-4-18-8(6)9(13)14/h1,4,7,12H,2-3,5H2,(H,13,14). The molecule has 1 aromatic heterocycles. The average Bonchev–Trinajstić information content (AvgIpc) is 2.77. The third kappa shape index (κ3) is 4.82. The summed E-state index contributed by atoms with van der Waals surface area (Å²) in [5.41, 5.74) is 0. The van der Waals surface area contributed by atoms with Crippen molar-refractivity contribution in [1.82, 2.24) is 4.72 Å². The molecule has 0 saturated carbocycles. The lowest BCUT2D eigenvalue weighted by molar-refractivity contribution is 0.0199. The highest BCUT2D eigenvalue weighted by Crippen LogP contribution is 2.21. The van der Waals surface area contributed by atoms with E-state index in [-0.39, 0.29) is 22.9 Å². The highest BCUT2D eigenvalue weighted by Gasteiger charge is 2.23. The van der Waals surface area contributed by atoms with Gasteiger partial charge < -0.3 is 9.84 Å². The van der Waals surface area contributed by atoms with E-state index in [0.29, 0.717) is 0 Å². The molecule has 0 atom stereocenters. The minimum atomic E-state index is -3.98. The average molecular weight is 315 g/mol. The second-order valence-electron chi connectivity index (χ2n) is 3.28. The molecule has 0 bridgehead atoms. The van der Waals surface area contributed by atoms with E-state index in [1.54, 1.807) is 0 Å². The molecule has 108 valence electrons. The van der Waals surface area contributed by atoms with Gasteiger partial charge in [-0.25, -0.2) is 26.7 Å². The fourth-order valence-corrected chi connectivity index (χ4v) is 3.43. The number of halogens is 2. The van der Waals surface area contributed by atoms with Crippen LogP contribution in [-0.4, -0.2) is 45.7 Å². The largest absolute Gasteiger partial charge is 0.477 e. The Morgan fingerprint density at radius 3 is 2.79 bits per heavy atom. The van der Waals surface area contributed by atoms with E-state index in [2.05, 4.69) is 9.46 Å². The van der Waals surface area contributed by atoms with Crippen LogP contribution in [0, 0.1) is 0 Å². The minimum Gasteiger partial charge on any atom is -0.477 e. The maximum absolute atomic E-state index is 11.7. The first-order chi connectivity index (χ1) is 8.84. The smallest absolute Gasteiger partial charge is 0.347 e. The molecule has 0 aliphatic carbocycles. The number of aromatic carboxylic acids is 1. The molecule has 0 amide bonds. The summed E-state index contributed by atoms with van der Waals surface area (Å²) in [5.74, 6) is -1.34. The van der Waals surface area contributed by atoms with Crippen LogP contribution in [-0.2, 0) is 14.8 Å². The third-order valence-corrected chi connectivity index (χ3v) is 4.43. The first-order valence-corrected chi connectivity index (χ1v) is 7.37. The highest BCUT2D eigenvalue weighted by atomic mass is 32.2. The number of carboxylic acid groups (broad SMARTS) is 1. The number of rotatable bonds is 8. The summed E-state index contributed by atoms with van der Waals surface area (Å²) in [4.78, 5) is 10.1. The Hall–Kier alpha value is -1.10. The van der Waals surface area contributed by atoms with Gasteiger partial charge >= 0.3 is 5.97 Å². The van der Waals surface area contributed by atoms with Crippen molar-refractivity contribution in [3.05, 3.63) is 16.3 Å². The molecule has 1 heterocycles. The maximum Gasteiger partial charge on any atom is 0.347 e. The van der Waals surface area contributed by atoms with Gasteiger partial charge in [-0.2, -0.15) is 0 Å².